The summed E-state index contributed by atoms with van der Waals surface area (Å²) in [6, 6.07) is 0. The number of rotatable bonds is 5. The molecule has 92 valence electrons. The van der Waals surface area contributed by atoms with E-state index in [1.165, 1.54) is 11.5 Å². The quantitative estimate of drug-likeness (QED) is 0.782. The second-order valence-corrected chi connectivity index (χ2v) is 4.90. The van der Waals surface area contributed by atoms with Crippen molar-refractivity contribution in [2.24, 2.45) is 0 Å². The van der Waals surface area contributed by atoms with Gasteiger partial charge in [0, 0.05) is 0 Å². The van der Waals surface area contributed by atoms with Crippen molar-refractivity contribution in [1.82, 2.24) is 19.7 Å². The first-order chi connectivity index (χ1) is 8.26. The first-order valence-corrected chi connectivity index (χ1v) is 6.76. The molecule has 0 radical (unpaired) electrons. The average molecular weight is 273 g/mol. The maximum Gasteiger partial charge on any atom is 0.271 e. The van der Waals surface area contributed by atoms with Gasteiger partial charge in [0.1, 0.15) is 4.88 Å². The van der Waals surface area contributed by atoms with Crippen molar-refractivity contribution in [1.29, 1.82) is 0 Å². The molecule has 2 aromatic rings. The first kappa shape index (κ1) is 12.4. The third kappa shape index (κ3) is 2.63. The van der Waals surface area contributed by atoms with Gasteiger partial charge in [0.25, 0.3) is 5.89 Å². The second-order valence-electron chi connectivity index (χ2n) is 3.62. The fourth-order valence-electron chi connectivity index (χ4n) is 1.44. The SMILES string of the molecule is CCCC(Cl)c1noc(-c2snnc2CC)n1. The molecule has 1 unspecified atom stereocenters. The minimum Gasteiger partial charge on any atom is -0.333 e. The molecule has 0 amide bonds. The van der Waals surface area contributed by atoms with Gasteiger partial charge in [-0.05, 0) is 24.4 Å². The molecule has 0 N–H and O–H groups in total. The summed E-state index contributed by atoms with van der Waals surface area (Å²) in [6.45, 7) is 4.08. The Balaban J connectivity index is 2.23. The van der Waals surface area contributed by atoms with Crippen molar-refractivity contribution in [3.8, 4) is 10.8 Å². The lowest BCUT2D eigenvalue weighted by atomic mass is 10.2. The highest BCUT2D eigenvalue weighted by Gasteiger charge is 2.19. The maximum atomic E-state index is 6.14. The van der Waals surface area contributed by atoms with Gasteiger partial charge in [-0.25, -0.2) is 0 Å². The van der Waals surface area contributed by atoms with E-state index < -0.39 is 0 Å². The summed E-state index contributed by atoms with van der Waals surface area (Å²) in [7, 11) is 0. The van der Waals surface area contributed by atoms with E-state index in [0.717, 1.165) is 29.8 Å². The van der Waals surface area contributed by atoms with Crippen molar-refractivity contribution in [3.63, 3.8) is 0 Å². The number of alkyl halides is 1. The molecule has 0 spiro atoms. The van der Waals surface area contributed by atoms with Gasteiger partial charge in [0.05, 0.1) is 11.1 Å². The van der Waals surface area contributed by atoms with Crippen LogP contribution in [0.1, 0.15) is 43.6 Å². The molecule has 0 bridgehead atoms. The highest BCUT2D eigenvalue weighted by Crippen LogP contribution is 2.28. The van der Waals surface area contributed by atoms with Crippen LogP contribution in [-0.4, -0.2) is 19.7 Å². The smallest absolute Gasteiger partial charge is 0.271 e. The van der Waals surface area contributed by atoms with Gasteiger partial charge >= 0.3 is 0 Å². The predicted molar refractivity (Wildman–Crippen MR) is 66.1 cm³/mol. The zero-order valence-corrected chi connectivity index (χ0v) is 11.3. The summed E-state index contributed by atoms with van der Waals surface area (Å²) in [5.74, 6) is 1.01. The van der Waals surface area contributed by atoms with Crippen LogP contribution in [-0.2, 0) is 6.42 Å². The first-order valence-electron chi connectivity index (χ1n) is 5.55. The van der Waals surface area contributed by atoms with Crippen LogP contribution in [0.25, 0.3) is 10.8 Å². The van der Waals surface area contributed by atoms with Crippen LogP contribution in [0.5, 0.6) is 0 Å². The lowest BCUT2D eigenvalue weighted by Crippen LogP contribution is -1.92. The molecular weight excluding hydrogens is 260 g/mol. The molecule has 2 rings (SSSR count). The Morgan fingerprint density at radius 3 is 2.94 bits per heavy atom. The van der Waals surface area contributed by atoms with E-state index in [1.54, 1.807) is 0 Å². The van der Waals surface area contributed by atoms with E-state index in [4.69, 9.17) is 16.1 Å². The van der Waals surface area contributed by atoms with Crippen LogP contribution in [0.3, 0.4) is 0 Å². The summed E-state index contributed by atoms with van der Waals surface area (Å²) in [5.41, 5.74) is 0.881. The number of hydrogen-bond donors (Lipinski definition) is 0. The number of halogens is 1. The van der Waals surface area contributed by atoms with Gasteiger partial charge in [-0.15, -0.1) is 16.7 Å². The van der Waals surface area contributed by atoms with Crippen LogP contribution in [0.15, 0.2) is 4.52 Å². The molecule has 0 aliphatic carbocycles. The molecule has 7 heteroatoms. The van der Waals surface area contributed by atoms with E-state index in [9.17, 15) is 0 Å². The zero-order valence-electron chi connectivity index (χ0n) is 9.68. The van der Waals surface area contributed by atoms with Gasteiger partial charge in [-0.1, -0.05) is 29.9 Å². The fraction of sp³-hybridized carbons (Fsp3) is 0.600. The Morgan fingerprint density at radius 2 is 2.24 bits per heavy atom. The van der Waals surface area contributed by atoms with Gasteiger partial charge < -0.3 is 4.52 Å². The molecule has 2 heterocycles. The molecule has 0 aliphatic heterocycles. The van der Waals surface area contributed by atoms with Crippen molar-refractivity contribution >= 4 is 23.1 Å². The molecule has 0 fully saturated rings. The third-order valence-corrected chi connectivity index (χ3v) is 3.52. The molecule has 17 heavy (non-hydrogen) atoms. The van der Waals surface area contributed by atoms with E-state index in [1.807, 2.05) is 6.92 Å². The highest BCUT2D eigenvalue weighted by atomic mass is 35.5. The van der Waals surface area contributed by atoms with E-state index in [-0.39, 0.29) is 5.38 Å². The van der Waals surface area contributed by atoms with Gasteiger partial charge in [-0.3, -0.25) is 0 Å². The van der Waals surface area contributed by atoms with Crippen molar-refractivity contribution in [2.45, 2.75) is 38.5 Å². The van der Waals surface area contributed by atoms with Gasteiger partial charge in [0.2, 0.25) is 0 Å². The summed E-state index contributed by atoms with van der Waals surface area (Å²) in [4.78, 5) is 5.14. The maximum absolute atomic E-state index is 6.14. The van der Waals surface area contributed by atoms with E-state index in [0.29, 0.717) is 11.7 Å². The zero-order chi connectivity index (χ0) is 12.3. The Bertz CT molecular complexity index is 484. The van der Waals surface area contributed by atoms with Crippen molar-refractivity contribution in [3.05, 3.63) is 11.5 Å². The molecule has 5 nitrogen and oxygen atoms in total. The Morgan fingerprint density at radius 1 is 1.41 bits per heavy atom. The highest BCUT2D eigenvalue weighted by molar-refractivity contribution is 7.09. The van der Waals surface area contributed by atoms with Crippen LogP contribution >= 0.6 is 23.1 Å². The fourth-order valence-corrected chi connectivity index (χ4v) is 2.42. The summed E-state index contributed by atoms with van der Waals surface area (Å²) in [5, 5.41) is 7.72. The van der Waals surface area contributed by atoms with Gasteiger partial charge in [-0.2, -0.15) is 4.98 Å². The molecule has 0 saturated heterocycles. The van der Waals surface area contributed by atoms with Gasteiger partial charge in [0.15, 0.2) is 5.82 Å². The van der Waals surface area contributed by atoms with Crippen LogP contribution in [0.4, 0.5) is 0 Å². The Kier molecular flexibility index (Phi) is 4.06. The monoisotopic (exact) mass is 272 g/mol. The molecule has 0 saturated carbocycles. The van der Waals surface area contributed by atoms with E-state index in [2.05, 4.69) is 26.7 Å². The number of nitrogens with zero attached hydrogens (tertiary/aromatic N) is 4. The molecular formula is C10H13ClN4OS. The Hall–Kier alpha value is -1.01. The molecule has 1 atom stereocenters. The normalized spacial score (nSPS) is 12.9. The number of hydrogen-bond acceptors (Lipinski definition) is 6. The minimum absolute atomic E-state index is 0.191. The van der Waals surface area contributed by atoms with Crippen molar-refractivity contribution < 1.29 is 4.52 Å². The molecule has 2 aromatic heterocycles. The predicted octanol–water partition coefficient (Wildman–Crippen LogP) is 3.23. The van der Waals surface area contributed by atoms with Crippen LogP contribution in [0.2, 0.25) is 0 Å². The largest absolute Gasteiger partial charge is 0.333 e. The third-order valence-electron chi connectivity index (χ3n) is 2.35. The summed E-state index contributed by atoms with van der Waals surface area (Å²) >= 11 is 7.41. The molecule has 0 aromatic carbocycles. The standard InChI is InChI=1S/C10H13ClN4OS/c1-3-5-6(11)9-12-10(16-14-9)8-7(4-2)13-15-17-8/h6H,3-5H2,1-2H3. The lowest BCUT2D eigenvalue weighted by Gasteiger charge is -1.99. The molecule has 0 aliphatic rings. The topological polar surface area (TPSA) is 64.7 Å². The van der Waals surface area contributed by atoms with E-state index >= 15 is 0 Å². The average Bonchev–Trinajstić information content (AvgIpc) is 2.97. The van der Waals surface area contributed by atoms with Crippen LogP contribution in [0, 0.1) is 0 Å². The minimum atomic E-state index is -0.191. The number of aryl methyl sites for hydroxylation is 1. The Labute approximate surface area is 108 Å². The summed E-state index contributed by atoms with van der Waals surface area (Å²) in [6.07, 6.45) is 2.62. The second kappa shape index (κ2) is 5.55. The summed E-state index contributed by atoms with van der Waals surface area (Å²) < 4.78 is 9.09. The number of aromatic nitrogens is 4. The lowest BCUT2D eigenvalue weighted by molar-refractivity contribution is 0.421. The van der Waals surface area contributed by atoms with Crippen LogP contribution < -0.4 is 0 Å². The van der Waals surface area contributed by atoms with Crippen molar-refractivity contribution in [2.75, 3.05) is 0 Å².